The van der Waals surface area contributed by atoms with E-state index in [2.05, 4.69) is 0 Å². The van der Waals surface area contributed by atoms with Crippen molar-refractivity contribution < 1.29 is 13.2 Å². The maximum Gasteiger partial charge on any atom is 0.392 e. The maximum atomic E-state index is 12.4. The molecule has 0 spiro atoms. The standard InChI is InChI=1S/C10H15F3/c1-7(2)8-4-3-5-9(6-8)10(11,12)13/h4,7,9H,3,5-6H2,1-2H3. The molecule has 0 bridgehead atoms. The zero-order valence-electron chi connectivity index (χ0n) is 7.99. The topological polar surface area (TPSA) is 0 Å². The second-order valence-electron chi connectivity index (χ2n) is 3.95. The summed E-state index contributed by atoms with van der Waals surface area (Å²) in [6.07, 6.45) is -0.986. The van der Waals surface area contributed by atoms with Crippen LogP contribution < -0.4 is 0 Å². The summed E-state index contributed by atoms with van der Waals surface area (Å²) in [5.41, 5.74) is 0.966. The Kier molecular flexibility index (Phi) is 3.04. The van der Waals surface area contributed by atoms with Crippen LogP contribution in [0.25, 0.3) is 0 Å². The molecule has 76 valence electrons. The van der Waals surface area contributed by atoms with Crippen molar-refractivity contribution in [3.05, 3.63) is 11.6 Å². The minimum Gasteiger partial charge on any atom is -0.171 e. The molecule has 0 aromatic heterocycles. The Balaban J connectivity index is 2.63. The van der Waals surface area contributed by atoms with Gasteiger partial charge in [0.25, 0.3) is 0 Å². The largest absolute Gasteiger partial charge is 0.392 e. The molecule has 0 saturated heterocycles. The van der Waals surface area contributed by atoms with Gasteiger partial charge in [0.1, 0.15) is 0 Å². The number of hydrogen-bond donors (Lipinski definition) is 0. The second-order valence-corrected chi connectivity index (χ2v) is 3.95. The first-order valence-corrected chi connectivity index (χ1v) is 4.67. The molecule has 13 heavy (non-hydrogen) atoms. The predicted octanol–water partition coefficient (Wildman–Crippen LogP) is 3.93. The van der Waals surface area contributed by atoms with Crippen molar-refractivity contribution in [3.8, 4) is 0 Å². The van der Waals surface area contributed by atoms with Crippen molar-refractivity contribution >= 4 is 0 Å². The van der Waals surface area contributed by atoms with E-state index < -0.39 is 12.1 Å². The molecule has 0 nitrogen and oxygen atoms in total. The summed E-state index contributed by atoms with van der Waals surface area (Å²) in [7, 11) is 0. The van der Waals surface area contributed by atoms with Gasteiger partial charge in [-0.25, -0.2) is 0 Å². The van der Waals surface area contributed by atoms with Crippen molar-refractivity contribution in [1.29, 1.82) is 0 Å². The fourth-order valence-electron chi connectivity index (χ4n) is 1.69. The summed E-state index contributed by atoms with van der Waals surface area (Å²) < 4.78 is 37.1. The first-order chi connectivity index (χ1) is 5.91. The van der Waals surface area contributed by atoms with Crippen molar-refractivity contribution in [3.63, 3.8) is 0 Å². The van der Waals surface area contributed by atoms with E-state index in [0.29, 0.717) is 6.42 Å². The molecular formula is C10H15F3. The zero-order valence-corrected chi connectivity index (χ0v) is 7.99. The van der Waals surface area contributed by atoms with E-state index in [-0.39, 0.29) is 18.8 Å². The summed E-state index contributed by atoms with van der Waals surface area (Å²) >= 11 is 0. The Morgan fingerprint density at radius 3 is 2.46 bits per heavy atom. The molecule has 1 unspecified atom stereocenters. The second kappa shape index (κ2) is 3.72. The SMILES string of the molecule is CC(C)C1=CCCC(C(F)(F)F)C1. The third kappa shape index (κ3) is 2.75. The smallest absolute Gasteiger partial charge is 0.171 e. The van der Waals surface area contributed by atoms with Crippen LogP contribution in [-0.2, 0) is 0 Å². The maximum absolute atomic E-state index is 12.4. The molecule has 0 N–H and O–H groups in total. The van der Waals surface area contributed by atoms with E-state index in [0.717, 1.165) is 5.57 Å². The Morgan fingerprint density at radius 2 is 2.00 bits per heavy atom. The first kappa shape index (κ1) is 10.6. The van der Waals surface area contributed by atoms with Gasteiger partial charge in [-0.1, -0.05) is 25.5 Å². The third-order valence-corrected chi connectivity index (χ3v) is 2.61. The van der Waals surface area contributed by atoms with E-state index in [1.54, 1.807) is 0 Å². The third-order valence-electron chi connectivity index (χ3n) is 2.61. The van der Waals surface area contributed by atoms with E-state index in [9.17, 15) is 13.2 Å². The Morgan fingerprint density at radius 1 is 1.38 bits per heavy atom. The summed E-state index contributed by atoms with van der Waals surface area (Å²) in [5, 5.41) is 0. The Bertz CT molecular complexity index is 201. The molecular weight excluding hydrogens is 177 g/mol. The fraction of sp³-hybridized carbons (Fsp3) is 0.800. The lowest BCUT2D eigenvalue weighted by Crippen LogP contribution is -2.25. The predicted molar refractivity (Wildman–Crippen MR) is 46.3 cm³/mol. The average molecular weight is 192 g/mol. The van der Waals surface area contributed by atoms with Crippen LogP contribution in [0, 0.1) is 11.8 Å². The minimum absolute atomic E-state index is 0.209. The molecule has 0 fully saturated rings. The van der Waals surface area contributed by atoms with Crippen LogP contribution >= 0.6 is 0 Å². The van der Waals surface area contributed by atoms with Gasteiger partial charge in [0.15, 0.2) is 0 Å². The van der Waals surface area contributed by atoms with Gasteiger partial charge in [-0.3, -0.25) is 0 Å². The molecule has 0 radical (unpaired) electrons. The summed E-state index contributed by atoms with van der Waals surface area (Å²) in [6, 6.07) is 0. The number of alkyl halides is 3. The Labute approximate surface area is 76.8 Å². The van der Waals surface area contributed by atoms with Gasteiger partial charge < -0.3 is 0 Å². The van der Waals surface area contributed by atoms with Crippen LogP contribution in [0.4, 0.5) is 13.2 Å². The monoisotopic (exact) mass is 192 g/mol. The van der Waals surface area contributed by atoms with Crippen LogP contribution in [0.15, 0.2) is 11.6 Å². The number of halogens is 3. The highest BCUT2D eigenvalue weighted by molar-refractivity contribution is 5.09. The van der Waals surface area contributed by atoms with Crippen molar-refractivity contribution in [2.75, 3.05) is 0 Å². The van der Waals surface area contributed by atoms with Crippen LogP contribution in [-0.4, -0.2) is 6.18 Å². The van der Waals surface area contributed by atoms with Gasteiger partial charge in [-0.15, -0.1) is 0 Å². The number of rotatable bonds is 1. The molecule has 1 aliphatic carbocycles. The minimum atomic E-state index is -4.01. The van der Waals surface area contributed by atoms with E-state index in [1.165, 1.54) is 0 Å². The van der Waals surface area contributed by atoms with Gasteiger partial charge >= 0.3 is 6.18 Å². The van der Waals surface area contributed by atoms with Crippen LogP contribution in [0.3, 0.4) is 0 Å². The molecule has 0 aromatic rings. The zero-order chi connectivity index (χ0) is 10.1. The summed E-state index contributed by atoms with van der Waals surface area (Å²) in [6.45, 7) is 3.90. The molecule has 0 saturated carbocycles. The summed E-state index contributed by atoms with van der Waals surface area (Å²) in [5.74, 6) is -0.847. The van der Waals surface area contributed by atoms with Crippen LogP contribution in [0.1, 0.15) is 33.1 Å². The molecule has 0 aliphatic heterocycles. The highest BCUT2D eigenvalue weighted by Gasteiger charge is 2.40. The van der Waals surface area contributed by atoms with Gasteiger partial charge in [-0.2, -0.15) is 13.2 Å². The molecule has 0 amide bonds. The van der Waals surface area contributed by atoms with Crippen molar-refractivity contribution in [2.24, 2.45) is 11.8 Å². The van der Waals surface area contributed by atoms with Crippen molar-refractivity contribution in [1.82, 2.24) is 0 Å². The molecule has 1 atom stereocenters. The molecule has 3 heteroatoms. The van der Waals surface area contributed by atoms with E-state index in [1.807, 2.05) is 19.9 Å². The first-order valence-electron chi connectivity index (χ1n) is 4.67. The summed E-state index contributed by atoms with van der Waals surface area (Å²) in [4.78, 5) is 0. The average Bonchev–Trinajstić information content (AvgIpc) is 2.03. The lowest BCUT2D eigenvalue weighted by molar-refractivity contribution is -0.177. The van der Waals surface area contributed by atoms with Crippen molar-refractivity contribution in [2.45, 2.75) is 39.3 Å². The molecule has 1 aliphatic rings. The lowest BCUT2D eigenvalue weighted by Gasteiger charge is -2.26. The highest BCUT2D eigenvalue weighted by Crippen LogP contribution is 2.39. The lowest BCUT2D eigenvalue weighted by atomic mass is 9.84. The highest BCUT2D eigenvalue weighted by atomic mass is 19.4. The Hall–Kier alpha value is -0.470. The van der Waals surface area contributed by atoms with Gasteiger partial charge in [0, 0.05) is 0 Å². The van der Waals surface area contributed by atoms with Gasteiger partial charge in [-0.05, 0) is 25.2 Å². The van der Waals surface area contributed by atoms with E-state index in [4.69, 9.17) is 0 Å². The van der Waals surface area contributed by atoms with Gasteiger partial charge in [0.05, 0.1) is 5.92 Å². The number of allylic oxidation sites excluding steroid dienone is 2. The van der Waals surface area contributed by atoms with Crippen LogP contribution in [0.2, 0.25) is 0 Å². The van der Waals surface area contributed by atoms with Gasteiger partial charge in [0.2, 0.25) is 0 Å². The molecule has 1 rings (SSSR count). The molecule has 0 aromatic carbocycles. The van der Waals surface area contributed by atoms with Crippen LogP contribution in [0.5, 0.6) is 0 Å². The quantitative estimate of drug-likeness (QED) is 0.552. The molecule has 0 heterocycles. The van der Waals surface area contributed by atoms with E-state index >= 15 is 0 Å². The fourth-order valence-corrected chi connectivity index (χ4v) is 1.69. The normalized spacial score (nSPS) is 24.8. The number of hydrogen-bond acceptors (Lipinski definition) is 0.